The molecule has 1 aliphatic carbocycles. The second-order valence-corrected chi connectivity index (χ2v) is 4.34. The fourth-order valence-electron chi connectivity index (χ4n) is 2.29. The Balaban J connectivity index is 2.52. The van der Waals surface area contributed by atoms with Crippen LogP contribution in [0.25, 0.3) is 0 Å². The second-order valence-electron chi connectivity index (χ2n) is 4.34. The van der Waals surface area contributed by atoms with E-state index in [1.54, 1.807) is 0 Å². The fraction of sp³-hybridized carbons (Fsp3) is 0.900. The van der Waals surface area contributed by atoms with Crippen LogP contribution in [-0.4, -0.2) is 30.7 Å². The van der Waals surface area contributed by atoms with Gasteiger partial charge in [0, 0.05) is 6.04 Å². The highest BCUT2D eigenvalue weighted by atomic mass is 16.4. The number of carbonyl (C=O) groups is 1. The summed E-state index contributed by atoms with van der Waals surface area (Å²) in [5.41, 5.74) is 5.55. The van der Waals surface area contributed by atoms with Crippen molar-refractivity contribution in [1.29, 1.82) is 0 Å². The normalized spacial score (nSPS) is 32.9. The Labute approximate surface area is 84.9 Å². The Morgan fingerprint density at radius 3 is 2.50 bits per heavy atom. The van der Waals surface area contributed by atoms with Gasteiger partial charge in [-0.15, -0.1) is 0 Å². The van der Waals surface area contributed by atoms with Gasteiger partial charge >= 0.3 is 5.97 Å². The molecule has 0 aromatic carbocycles. The molecule has 0 heterocycles. The zero-order chi connectivity index (χ0) is 10.6. The van der Waals surface area contributed by atoms with Gasteiger partial charge in [-0.1, -0.05) is 0 Å². The Hall–Kier alpha value is -0.610. The third-order valence-corrected chi connectivity index (χ3v) is 3.41. The maximum absolute atomic E-state index is 10.7. The molecule has 4 heteroatoms. The van der Waals surface area contributed by atoms with Crippen LogP contribution in [0.4, 0.5) is 0 Å². The van der Waals surface area contributed by atoms with Gasteiger partial charge in [-0.25, -0.2) is 0 Å². The summed E-state index contributed by atoms with van der Waals surface area (Å²) in [6.07, 6.45) is 4.17. The summed E-state index contributed by atoms with van der Waals surface area (Å²) in [5.74, 6) is -0.724. The lowest BCUT2D eigenvalue weighted by molar-refractivity contribution is -0.140. The first-order chi connectivity index (χ1) is 6.62. The lowest BCUT2D eigenvalue weighted by Crippen LogP contribution is -2.41. The summed E-state index contributed by atoms with van der Waals surface area (Å²) in [4.78, 5) is 10.7. The van der Waals surface area contributed by atoms with Gasteiger partial charge in [0.15, 0.2) is 0 Å². The summed E-state index contributed by atoms with van der Waals surface area (Å²) in [7, 11) is 1.96. The second kappa shape index (κ2) is 4.75. The highest BCUT2D eigenvalue weighted by molar-refractivity contribution is 5.67. The van der Waals surface area contributed by atoms with Gasteiger partial charge in [-0.3, -0.25) is 4.79 Å². The van der Waals surface area contributed by atoms with Gasteiger partial charge in [-0.2, -0.15) is 0 Å². The molecule has 0 radical (unpaired) electrons. The maximum atomic E-state index is 10.7. The van der Waals surface area contributed by atoms with Crippen LogP contribution in [0.2, 0.25) is 0 Å². The van der Waals surface area contributed by atoms with Crippen LogP contribution in [0.15, 0.2) is 0 Å². The summed E-state index contributed by atoms with van der Waals surface area (Å²) in [6, 6.07) is 0.545. The van der Waals surface area contributed by atoms with Crippen LogP contribution in [0.3, 0.4) is 0 Å². The standard InChI is InChI=1S/C10H20N2O2/c1-12-8-2-4-10(7-11,5-3-8)6-9(13)14/h8,12H,2-7,11H2,1H3,(H,13,14). The van der Waals surface area contributed by atoms with Crippen molar-refractivity contribution in [3.8, 4) is 0 Å². The first kappa shape index (κ1) is 11.5. The molecular weight excluding hydrogens is 180 g/mol. The van der Waals surface area contributed by atoms with Crippen molar-refractivity contribution in [2.45, 2.75) is 38.1 Å². The minimum Gasteiger partial charge on any atom is -0.481 e. The van der Waals surface area contributed by atoms with Gasteiger partial charge in [0.05, 0.1) is 6.42 Å². The van der Waals surface area contributed by atoms with E-state index in [2.05, 4.69) is 5.32 Å². The Morgan fingerprint density at radius 2 is 2.14 bits per heavy atom. The molecule has 0 amide bonds. The van der Waals surface area contributed by atoms with Crippen LogP contribution in [0.5, 0.6) is 0 Å². The summed E-state index contributed by atoms with van der Waals surface area (Å²) < 4.78 is 0. The first-order valence-corrected chi connectivity index (χ1v) is 5.21. The summed E-state index contributed by atoms with van der Waals surface area (Å²) >= 11 is 0. The molecule has 82 valence electrons. The van der Waals surface area contributed by atoms with E-state index in [1.165, 1.54) is 0 Å². The number of nitrogens with two attached hydrogens (primary N) is 1. The van der Waals surface area contributed by atoms with E-state index in [0.717, 1.165) is 25.7 Å². The number of carboxylic acid groups (broad SMARTS) is 1. The third kappa shape index (κ3) is 2.69. The van der Waals surface area contributed by atoms with Crippen molar-refractivity contribution in [1.82, 2.24) is 5.32 Å². The zero-order valence-electron chi connectivity index (χ0n) is 8.75. The number of rotatable bonds is 4. The van der Waals surface area contributed by atoms with E-state index in [4.69, 9.17) is 10.8 Å². The molecule has 1 fully saturated rings. The van der Waals surface area contributed by atoms with Crippen molar-refractivity contribution < 1.29 is 9.90 Å². The summed E-state index contributed by atoms with van der Waals surface area (Å²) in [6.45, 7) is 0.496. The van der Waals surface area contributed by atoms with Crippen molar-refractivity contribution in [3.63, 3.8) is 0 Å². The van der Waals surface area contributed by atoms with E-state index >= 15 is 0 Å². The molecule has 4 N–H and O–H groups in total. The number of carboxylic acids is 1. The Kier molecular flexibility index (Phi) is 3.89. The molecule has 0 unspecified atom stereocenters. The lowest BCUT2D eigenvalue weighted by atomic mass is 9.70. The van der Waals surface area contributed by atoms with Crippen LogP contribution in [0.1, 0.15) is 32.1 Å². The monoisotopic (exact) mass is 200 g/mol. The predicted octanol–water partition coefficient (Wildman–Crippen LogP) is 0.568. The molecule has 1 rings (SSSR count). The fourth-order valence-corrected chi connectivity index (χ4v) is 2.29. The number of hydrogen-bond donors (Lipinski definition) is 3. The van der Waals surface area contributed by atoms with Crippen molar-refractivity contribution in [2.75, 3.05) is 13.6 Å². The number of nitrogens with one attached hydrogen (secondary N) is 1. The van der Waals surface area contributed by atoms with E-state index in [1.807, 2.05) is 7.05 Å². The van der Waals surface area contributed by atoms with E-state index < -0.39 is 5.97 Å². The quantitative estimate of drug-likeness (QED) is 0.620. The molecule has 14 heavy (non-hydrogen) atoms. The smallest absolute Gasteiger partial charge is 0.303 e. The van der Waals surface area contributed by atoms with Gasteiger partial charge in [0.2, 0.25) is 0 Å². The molecule has 0 saturated heterocycles. The molecule has 1 saturated carbocycles. The van der Waals surface area contributed by atoms with Crippen LogP contribution in [0, 0.1) is 5.41 Å². The van der Waals surface area contributed by atoms with Crippen LogP contribution in [-0.2, 0) is 4.79 Å². The summed E-state index contributed by atoms with van der Waals surface area (Å²) in [5, 5.41) is 12.0. The third-order valence-electron chi connectivity index (χ3n) is 3.41. The minimum atomic E-state index is -0.724. The molecule has 0 bridgehead atoms. The molecule has 0 aromatic rings. The van der Waals surface area contributed by atoms with Gasteiger partial charge in [0.25, 0.3) is 0 Å². The van der Waals surface area contributed by atoms with Gasteiger partial charge in [0.1, 0.15) is 0 Å². The molecular formula is C10H20N2O2. The van der Waals surface area contributed by atoms with Crippen LogP contribution >= 0.6 is 0 Å². The van der Waals surface area contributed by atoms with Crippen molar-refractivity contribution >= 4 is 5.97 Å². The Morgan fingerprint density at radius 1 is 1.57 bits per heavy atom. The van der Waals surface area contributed by atoms with Gasteiger partial charge in [-0.05, 0) is 44.7 Å². The molecule has 4 nitrogen and oxygen atoms in total. The highest BCUT2D eigenvalue weighted by Gasteiger charge is 2.35. The Bertz CT molecular complexity index is 198. The number of hydrogen-bond acceptors (Lipinski definition) is 3. The first-order valence-electron chi connectivity index (χ1n) is 5.21. The SMILES string of the molecule is CNC1CCC(CN)(CC(=O)O)CC1. The average Bonchev–Trinajstić information content (AvgIpc) is 2.18. The molecule has 0 spiro atoms. The topological polar surface area (TPSA) is 75.3 Å². The van der Waals surface area contributed by atoms with Crippen LogP contribution < -0.4 is 11.1 Å². The molecule has 0 atom stereocenters. The predicted molar refractivity (Wildman–Crippen MR) is 55.1 cm³/mol. The molecule has 0 aromatic heterocycles. The molecule has 1 aliphatic rings. The largest absolute Gasteiger partial charge is 0.481 e. The maximum Gasteiger partial charge on any atom is 0.303 e. The highest BCUT2D eigenvalue weighted by Crippen LogP contribution is 2.38. The number of aliphatic carboxylic acids is 1. The van der Waals surface area contributed by atoms with Crippen molar-refractivity contribution in [3.05, 3.63) is 0 Å². The van der Waals surface area contributed by atoms with Crippen molar-refractivity contribution in [2.24, 2.45) is 11.1 Å². The zero-order valence-corrected chi connectivity index (χ0v) is 8.75. The van der Waals surface area contributed by atoms with E-state index in [0.29, 0.717) is 12.6 Å². The van der Waals surface area contributed by atoms with E-state index in [9.17, 15) is 4.79 Å². The average molecular weight is 200 g/mol. The minimum absolute atomic E-state index is 0.140. The lowest BCUT2D eigenvalue weighted by Gasteiger charge is -2.38. The van der Waals surface area contributed by atoms with Gasteiger partial charge < -0.3 is 16.2 Å². The molecule has 0 aliphatic heterocycles. The van der Waals surface area contributed by atoms with E-state index in [-0.39, 0.29) is 11.8 Å².